The van der Waals surface area contributed by atoms with Crippen LogP contribution < -0.4 is 10.2 Å². The largest absolute Gasteiger partial charge is 0.369 e. The van der Waals surface area contributed by atoms with E-state index < -0.39 is 0 Å². The molecule has 0 bridgehead atoms. The highest BCUT2D eigenvalue weighted by Crippen LogP contribution is 2.25. The van der Waals surface area contributed by atoms with Gasteiger partial charge in [-0.25, -0.2) is 4.98 Å². The molecule has 0 unspecified atom stereocenters. The monoisotopic (exact) mass is 489 g/mol. The smallest absolute Gasteiger partial charge is 0.251 e. The lowest BCUT2D eigenvalue weighted by molar-refractivity contribution is 0.0947. The molecule has 180 valence electrons. The van der Waals surface area contributed by atoms with E-state index in [4.69, 9.17) is 11.6 Å². The summed E-state index contributed by atoms with van der Waals surface area (Å²) in [6.07, 6.45) is 1.71. The number of piperazine rings is 1. The number of anilines is 1. The Morgan fingerprint density at radius 2 is 1.86 bits per heavy atom. The Hall–Kier alpha value is -3.49. The van der Waals surface area contributed by atoms with Crippen molar-refractivity contribution < 1.29 is 4.79 Å². The van der Waals surface area contributed by atoms with Gasteiger partial charge >= 0.3 is 0 Å². The minimum Gasteiger partial charge on any atom is -0.369 e. The lowest BCUT2D eigenvalue weighted by atomic mass is 10.1. The fourth-order valence-corrected chi connectivity index (χ4v) is 4.75. The molecule has 0 saturated carbocycles. The second-order valence-electron chi connectivity index (χ2n) is 8.81. The van der Waals surface area contributed by atoms with Crippen LogP contribution in [-0.4, -0.2) is 70.1 Å². The van der Waals surface area contributed by atoms with E-state index in [-0.39, 0.29) is 5.91 Å². The zero-order valence-corrected chi connectivity index (χ0v) is 20.7. The molecule has 0 spiro atoms. The van der Waals surface area contributed by atoms with Crippen LogP contribution in [0.1, 0.15) is 21.5 Å². The average Bonchev–Trinajstić information content (AvgIpc) is 3.30. The van der Waals surface area contributed by atoms with Crippen LogP contribution in [0.3, 0.4) is 0 Å². The first-order valence-corrected chi connectivity index (χ1v) is 12.2. The summed E-state index contributed by atoms with van der Waals surface area (Å²) < 4.78 is 1.68. The van der Waals surface area contributed by atoms with E-state index >= 15 is 0 Å². The summed E-state index contributed by atoms with van der Waals surface area (Å²) in [6, 6.07) is 15.4. The fourth-order valence-electron chi connectivity index (χ4n) is 4.58. The first-order valence-electron chi connectivity index (χ1n) is 11.8. The van der Waals surface area contributed by atoms with Crippen molar-refractivity contribution in [3.63, 3.8) is 0 Å². The second kappa shape index (κ2) is 10.0. The molecule has 5 rings (SSSR count). The number of amides is 1. The third-order valence-corrected chi connectivity index (χ3v) is 6.82. The molecule has 1 aliphatic rings. The van der Waals surface area contributed by atoms with E-state index in [1.807, 2.05) is 49.4 Å². The molecule has 3 heterocycles. The number of aromatic nitrogens is 4. The number of rotatable bonds is 6. The summed E-state index contributed by atoms with van der Waals surface area (Å²) in [5.41, 5.74) is 6.09. The van der Waals surface area contributed by atoms with Crippen molar-refractivity contribution in [1.82, 2.24) is 30.2 Å². The van der Waals surface area contributed by atoms with Crippen LogP contribution in [0, 0.1) is 13.8 Å². The summed E-state index contributed by atoms with van der Waals surface area (Å²) in [5.74, 6) is -0.0880. The molecule has 2 aromatic carbocycles. The number of nitrogens with zero attached hydrogens (tertiary/aromatic N) is 6. The van der Waals surface area contributed by atoms with Gasteiger partial charge in [0.1, 0.15) is 5.52 Å². The van der Waals surface area contributed by atoms with Gasteiger partial charge in [0.15, 0.2) is 5.65 Å². The first-order chi connectivity index (χ1) is 17.0. The SMILES string of the molecule is Cc1ccc(Cl)cc1N1CCN(CCNC(=O)c2cccc(-n3nnc4cccnc43)c2C)CC1. The molecule has 1 fully saturated rings. The fraction of sp³-hybridized carbons (Fsp3) is 0.308. The third kappa shape index (κ3) is 4.85. The first kappa shape index (κ1) is 23.3. The predicted molar refractivity (Wildman–Crippen MR) is 139 cm³/mol. The topological polar surface area (TPSA) is 79.2 Å². The summed E-state index contributed by atoms with van der Waals surface area (Å²) >= 11 is 6.20. The highest BCUT2D eigenvalue weighted by Gasteiger charge is 2.19. The van der Waals surface area contributed by atoms with Gasteiger partial charge in [-0.15, -0.1) is 5.10 Å². The Morgan fingerprint density at radius 1 is 1.03 bits per heavy atom. The number of carbonyl (C=O) groups is 1. The maximum atomic E-state index is 13.0. The van der Waals surface area contributed by atoms with Gasteiger partial charge in [0.25, 0.3) is 5.91 Å². The lowest BCUT2D eigenvalue weighted by Crippen LogP contribution is -2.48. The van der Waals surface area contributed by atoms with Crippen molar-refractivity contribution in [2.24, 2.45) is 0 Å². The van der Waals surface area contributed by atoms with Crippen LogP contribution in [0.4, 0.5) is 5.69 Å². The van der Waals surface area contributed by atoms with Crippen molar-refractivity contribution >= 4 is 34.4 Å². The average molecular weight is 490 g/mol. The second-order valence-corrected chi connectivity index (χ2v) is 9.25. The number of nitrogens with one attached hydrogen (secondary N) is 1. The molecule has 9 heteroatoms. The van der Waals surface area contributed by atoms with Crippen molar-refractivity contribution in [2.75, 3.05) is 44.2 Å². The molecule has 0 radical (unpaired) electrons. The van der Waals surface area contributed by atoms with Gasteiger partial charge in [0.2, 0.25) is 0 Å². The van der Waals surface area contributed by atoms with E-state index in [9.17, 15) is 4.79 Å². The van der Waals surface area contributed by atoms with Crippen LogP contribution in [0.15, 0.2) is 54.7 Å². The Labute approximate surface area is 209 Å². The van der Waals surface area contributed by atoms with Gasteiger partial charge in [-0.3, -0.25) is 9.69 Å². The minimum absolute atomic E-state index is 0.0880. The molecule has 1 saturated heterocycles. The number of carbonyl (C=O) groups excluding carboxylic acids is 1. The van der Waals surface area contributed by atoms with Crippen molar-refractivity contribution in [2.45, 2.75) is 13.8 Å². The lowest BCUT2D eigenvalue weighted by Gasteiger charge is -2.36. The molecule has 1 N–H and O–H groups in total. The molecular formula is C26H28ClN7O. The van der Waals surface area contributed by atoms with Crippen molar-refractivity contribution in [1.29, 1.82) is 0 Å². The summed E-state index contributed by atoms with van der Waals surface area (Å²) in [7, 11) is 0. The number of hydrogen-bond acceptors (Lipinski definition) is 6. The van der Waals surface area contributed by atoms with Gasteiger partial charge in [-0.1, -0.05) is 28.9 Å². The molecular weight excluding hydrogens is 462 g/mol. The predicted octanol–water partition coefficient (Wildman–Crippen LogP) is 3.64. The summed E-state index contributed by atoms with van der Waals surface area (Å²) in [6.45, 7) is 9.22. The van der Waals surface area contributed by atoms with Gasteiger partial charge < -0.3 is 10.2 Å². The number of aryl methyl sites for hydroxylation is 1. The molecule has 1 aliphatic heterocycles. The Balaban J connectivity index is 1.18. The van der Waals surface area contributed by atoms with Gasteiger partial charge in [-0.05, 0) is 61.4 Å². The maximum absolute atomic E-state index is 13.0. The number of benzene rings is 2. The number of fused-ring (bicyclic) bond motifs is 1. The highest BCUT2D eigenvalue weighted by molar-refractivity contribution is 6.30. The molecule has 1 amide bonds. The normalized spacial score (nSPS) is 14.4. The van der Waals surface area contributed by atoms with Crippen LogP contribution >= 0.6 is 11.6 Å². The minimum atomic E-state index is -0.0880. The van der Waals surface area contributed by atoms with Gasteiger partial charge in [0.05, 0.1) is 5.69 Å². The number of hydrogen-bond donors (Lipinski definition) is 1. The Kier molecular flexibility index (Phi) is 6.66. The zero-order chi connectivity index (χ0) is 24.4. The number of halogens is 1. The Bertz CT molecular complexity index is 1360. The van der Waals surface area contributed by atoms with Gasteiger partial charge in [0, 0.05) is 61.7 Å². The van der Waals surface area contributed by atoms with Crippen LogP contribution in [0.2, 0.25) is 5.02 Å². The zero-order valence-electron chi connectivity index (χ0n) is 19.9. The maximum Gasteiger partial charge on any atom is 0.251 e. The van der Waals surface area contributed by atoms with Crippen LogP contribution in [0.25, 0.3) is 16.9 Å². The summed E-state index contributed by atoms with van der Waals surface area (Å²) in [4.78, 5) is 22.1. The highest BCUT2D eigenvalue weighted by atomic mass is 35.5. The van der Waals surface area contributed by atoms with Crippen LogP contribution in [-0.2, 0) is 0 Å². The molecule has 2 aromatic heterocycles. The Morgan fingerprint density at radius 3 is 2.69 bits per heavy atom. The van der Waals surface area contributed by atoms with E-state index in [2.05, 4.69) is 43.4 Å². The van der Waals surface area contributed by atoms with Crippen molar-refractivity contribution in [3.8, 4) is 5.69 Å². The molecule has 8 nitrogen and oxygen atoms in total. The quantitative estimate of drug-likeness (QED) is 0.445. The third-order valence-electron chi connectivity index (χ3n) is 6.58. The van der Waals surface area contributed by atoms with E-state index in [1.165, 1.54) is 11.3 Å². The van der Waals surface area contributed by atoms with E-state index in [1.54, 1.807) is 10.9 Å². The number of pyridine rings is 1. The van der Waals surface area contributed by atoms with E-state index in [0.717, 1.165) is 49.0 Å². The van der Waals surface area contributed by atoms with E-state index in [0.29, 0.717) is 23.3 Å². The summed E-state index contributed by atoms with van der Waals surface area (Å²) in [5, 5.41) is 12.3. The van der Waals surface area contributed by atoms with Crippen LogP contribution in [0.5, 0.6) is 0 Å². The van der Waals surface area contributed by atoms with Gasteiger partial charge in [-0.2, -0.15) is 4.68 Å². The standard InChI is InChI=1S/C26H28ClN7O/c1-18-8-9-20(27)17-24(18)33-15-13-32(14-16-33)12-11-29-26(35)21-5-3-7-23(19(21)2)34-25-22(30-31-34)6-4-10-28-25/h3-10,17H,11-16H2,1-2H3,(H,29,35). The van der Waals surface area contributed by atoms with Crippen molar-refractivity contribution in [3.05, 3.63) is 76.4 Å². The molecule has 0 atom stereocenters. The molecule has 4 aromatic rings. The molecule has 35 heavy (non-hydrogen) atoms. The molecule has 0 aliphatic carbocycles.